The monoisotopic (exact) mass is 318 g/mol. The van der Waals surface area contributed by atoms with Crippen LogP contribution in [0.1, 0.15) is 26.7 Å². The third-order valence-corrected chi connectivity index (χ3v) is 4.03. The summed E-state index contributed by atoms with van der Waals surface area (Å²) in [6.07, 6.45) is 1.77. The van der Waals surface area contributed by atoms with E-state index in [4.69, 9.17) is 10.7 Å². The summed E-state index contributed by atoms with van der Waals surface area (Å²) in [6, 6.07) is 5.58. The van der Waals surface area contributed by atoms with Crippen LogP contribution in [0.15, 0.2) is 29.2 Å². The van der Waals surface area contributed by atoms with E-state index in [-0.39, 0.29) is 10.9 Å². The Morgan fingerprint density at radius 1 is 1.15 bits per heavy atom. The Morgan fingerprint density at radius 2 is 1.65 bits per heavy atom. The second-order valence-corrected chi connectivity index (χ2v) is 6.95. The average Bonchev–Trinajstić information content (AvgIpc) is 2.38. The number of benzene rings is 1. The van der Waals surface area contributed by atoms with Crippen LogP contribution in [0.4, 0.5) is 10.5 Å². The molecule has 0 aromatic heterocycles. The van der Waals surface area contributed by atoms with E-state index >= 15 is 0 Å². The minimum Gasteiger partial charge on any atom is -0.325 e. The number of rotatable bonds is 6. The molecule has 0 aliphatic carbocycles. The van der Waals surface area contributed by atoms with E-state index < -0.39 is 9.05 Å². The zero-order valence-corrected chi connectivity index (χ0v) is 13.2. The first-order valence-corrected chi connectivity index (χ1v) is 8.80. The van der Waals surface area contributed by atoms with Crippen LogP contribution in [0.3, 0.4) is 0 Å². The van der Waals surface area contributed by atoms with E-state index in [0.717, 1.165) is 12.8 Å². The summed E-state index contributed by atoms with van der Waals surface area (Å²) in [5.74, 6) is 0. The fourth-order valence-corrected chi connectivity index (χ4v) is 2.53. The van der Waals surface area contributed by atoms with Crippen molar-refractivity contribution in [1.29, 1.82) is 0 Å². The van der Waals surface area contributed by atoms with E-state index in [0.29, 0.717) is 18.8 Å². The van der Waals surface area contributed by atoms with E-state index in [9.17, 15) is 13.2 Å². The van der Waals surface area contributed by atoms with Crippen molar-refractivity contribution in [2.75, 3.05) is 18.4 Å². The highest BCUT2D eigenvalue weighted by atomic mass is 35.7. The van der Waals surface area contributed by atoms with Crippen molar-refractivity contribution < 1.29 is 13.2 Å². The van der Waals surface area contributed by atoms with Crippen molar-refractivity contribution in [1.82, 2.24) is 4.90 Å². The van der Waals surface area contributed by atoms with Gasteiger partial charge in [0, 0.05) is 29.5 Å². The molecule has 1 N–H and O–H groups in total. The fourth-order valence-electron chi connectivity index (χ4n) is 1.76. The lowest BCUT2D eigenvalue weighted by Gasteiger charge is -2.21. The molecule has 1 aromatic carbocycles. The molecule has 5 nitrogen and oxygen atoms in total. The molecule has 0 aliphatic rings. The molecule has 0 radical (unpaired) electrons. The molecule has 0 unspecified atom stereocenters. The molecular formula is C13H19ClN2O3S. The Balaban J connectivity index is 2.75. The van der Waals surface area contributed by atoms with Crippen LogP contribution in [0.5, 0.6) is 0 Å². The first-order chi connectivity index (χ1) is 9.38. The predicted molar refractivity (Wildman–Crippen MR) is 80.7 cm³/mol. The highest BCUT2D eigenvalue weighted by Crippen LogP contribution is 2.18. The number of hydrogen-bond donors (Lipinski definition) is 1. The Kier molecular flexibility index (Phi) is 6.29. The van der Waals surface area contributed by atoms with Gasteiger partial charge in [-0.15, -0.1) is 0 Å². The lowest BCUT2D eigenvalue weighted by molar-refractivity contribution is 0.211. The molecule has 0 heterocycles. The normalized spacial score (nSPS) is 11.2. The summed E-state index contributed by atoms with van der Waals surface area (Å²) in [4.78, 5) is 13.8. The summed E-state index contributed by atoms with van der Waals surface area (Å²) in [5.41, 5.74) is 0.538. The molecule has 7 heteroatoms. The number of nitrogens with zero attached hydrogens (tertiary/aromatic N) is 1. The van der Waals surface area contributed by atoms with Gasteiger partial charge in [0.05, 0.1) is 4.90 Å². The Hall–Kier alpha value is -1.27. The van der Waals surface area contributed by atoms with Crippen LogP contribution in [0.2, 0.25) is 0 Å². The van der Waals surface area contributed by atoms with Crippen molar-refractivity contribution in [2.45, 2.75) is 31.6 Å². The number of nitrogens with one attached hydrogen (secondary N) is 1. The lowest BCUT2D eigenvalue weighted by atomic mass is 10.3. The molecule has 0 fully saturated rings. The standard InChI is InChI=1S/C13H19ClN2O3S/c1-3-9-16(10-4-2)13(17)15-11-5-7-12(8-6-11)20(14,18)19/h5-8H,3-4,9-10H2,1-2H3,(H,15,17). The Labute approximate surface area is 124 Å². The summed E-state index contributed by atoms with van der Waals surface area (Å²) in [5, 5.41) is 2.74. The van der Waals surface area contributed by atoms with Gasteiger partial charge < -0.3 is 10.2 Å². The van der Waals surface area contributed by atoms with Crippen molar-refractivity contribution in [3.63, 3.8) is 0 Å². The molecule has 0 spiro atoms. The summed E-state index contributed by atoms with van der Waals surface area (Å²) in [7, 11) is 1.49. The second-order valence-electron chi connectivity index (χ2n) is 4.38. The molecule has 2 amide bonds. The van der Waals surface area contributed by atoms with E-state index in [2.05, 4.69) is 5.32 Å². The maximum absolute atomic E-state index is 12.0. The zero-order valence-electron chi connectivity index (χ0n) is 11.6. The third-order valence-electron chi connectivity index (χ3n) is 2.66. The van der Waals surface area contributed by atoms with Crippen LogP contribution >= 0.6 is 10.7 Å². The molecule has 112 valence electrons. The van der Waals surface area contributed by atoms with Gasteiger partial charge in [0.25, 0.3) is 9.05 Å². The quantitative estimate of drug-likeness (QED) is 0.819. The third kappa shape index (κ3) is 5.02. The number of carbonyl (C=O) groups excluding carboxylic acids is 1. The number of anilines is 1. The Morgan fingerprint density at radius 3 is 2.05 bits per heavy atom. The van der Waals surface area contributed by atoms with Gasteiger partial charge in [0.2, 0.25) is 0 Å². The molecular weight excluding hydrogens is 300 g/mol. The van der Waals surface area contributed by atoms with Crippen LogP contribution < -0.4 is 5.32 Å². The van der Waals surface area contributed by atoms with Gasteiger partial charge in [-0.1, -0.05) is 13.8 Å². The average molecular weight is 319 g/mol. The van der Waals surface area contributed by atoms with Gasteiger partial charge >= 0.3 is 6.03 Å². The molecule has 20 heavy (non-hydrogen) atoms. The second kappa shape index (κ2) is 7.50. The highest BCUT2D eigenvalue weighted by Gasteiger charge is 2.13. The Bertz CT molecular complexity index is 537. The maximum Gasteiger partial charge on any atom is 0.321 e. The first-order valence-electron chi connectivity index (χ1n) is 6.49. The minimum atomic E-state index is -3.73. The number of amides is 2. The molecule has 0 atom stereocenters. The molecule has 1 aromatic rings. The van der Waals surface area contributed by atoms with E-state index in [1.54, 1.807) is 4.90 Å². The summed E-state index contributed by atoms with van der Waals surface area (Å²) < 4.78 is 22.2. The van der Waals surface area contributed by atoms with Crippen LogP contribution in [0.25, 0.3) is 0 Å². The van der Waals surface area contributed by atoms with Crippen molar-refractivity contribution in [2.24, 2.45) is 0 Å². The fraction of sp³-hybridized carbons (Fsp3) is 0.462. The molecule has 0 saturated heterocycles. The number of urea groups is 1. The van der Waals surface area contributed by atoms with Crippen LogP contribution in [-0.4, -0.2) is 32.4 Å². The van der Waals surface area contributed by atoms with Crippen molar-refractivity contribution >= 4 is 31.5 Å². The lowest BCUT2D eigenvalue weighted by Crippen LogP contribution is -2.36. The van der Waals surface area contributed by atoms with E-state index in [1.807, 2.05) is 13.8 Å². The van der Waals surface area contributed by atoms with Gasteiger partial charge in [0.15, 0.2) is 0 Å². The van der Waals surface area contributed by atoms with Crippen molar-refractivity contribution in [3.8, 4) is 0 Å². The van der Waals surface area contributed by atoms with Gasteiger partial charge in [-0.05, 0) is 37.1 Å². The van der Waals surface area contributed by atoms with E-state index in [1.165, 1.54) is 24.3 Å². The van der Waals surface area contributed by atoms with Crippen LogP contribution in [0, 0.1) is 0 Å². The predicted octanol–water partition coefficient (Wildman–Crippen LogP) is 3.27. The molecule has 0 bridgehead atoms. The summed E-state index contributed by atoms with van der Waals surface area (Å²) >= 11 is 0. The largest absolute Gasteiger partial charge is 0.325 e. The molecule has 1 rings (SSSR count). The molecule has 0 aliphatic heterocycles. The van der Waals surface area contributed by atoms with Crippen LogP contribution in [-0.2, 0) is 9.05 Å². The number of carbonyl (C=O) groups is 1. The number of hydrogen-bond acceptors (Lipinski definition) is 3. The minimum absolute atomic E-state index is 0.0103. The molecule has 0 saturated carbocycles. The van der Waals surface area contributed by atoms with Gasteiger partial charge in [-0.2, -0.15) is 0 Å². The highest BCUT2D eigenvalue weighted by molar-refractivity contribution is 8.13. The summed E-state index contributed by atoms with van der Waals surface area (Å²) in [6.45, 7) is 5.40. The SMILES string of the molecule is CCCN(CCC)C(=O)Nc1ccc(S(=O)(=O)Cl)cc1. The van der Waals surface area contributed by atoms with Gasteiger partial charge in [-0.3, -0.25) is 0 Å². The number of halogens is 1. The maximum atomic E-state index is 12.0. The topological polar surface area (TPSA) is 66.5 Å². The van der Waals surface area contributed by atoms with Gasteiger partial charge in [-0.25, -0.2) is 13.2 Å². The van der Waals surface area contributed by atoms with Crippen molar-refractivity contribution in [3.05, 3.63) is 24.3 Å². The smallest absolute Gasteiger partial charge is 0.321 e. The first kappa shape index (κ1) is 16.8. The van der Waals surface area contributed by atoms with Gasteiger partial charge in [0.1, 0.15) is 0 Å². The zero-order chi connectivity index (χ0) is 15.2.